The summed E-state index contributed by atoms with van der Waals surface area (Å²) in [7, 11) is 1.92. The molecule has 2 rings (SSSR count). The number of nitrogens with one attached hydrogen (secondary N) is 1. The van der Waals surface area contributed by atoms with Crippen molar-refractivity contribution < 1.29 is 4.39 Å². The van der Waals surface area contributed by atoms with E-state index in [1.54, 1.807) is 12.1 Å². The fourth-order valence-electron chi connectivity index (χ4n) is 2.03. The summed E-state index contributed by atoms with van der Waals surface area (Å²) in [5.74, 6) is -0.173. The van der Waals surface area contributed by atoms with Gasteiger partial charge in [0.05, 0.1) is 0 Å². The van der Waals surface area contributed by atoms with Crippen molar-refractivity contribution in [2.75, 3.05) is 7.05 Å². The number of hydrogen-bond donors (Lipinski definition) is 1. The van der Waals surface area contributed by atoms with E-state index < -0.39 is 0 Å². The second kappa shape index (κ2) is 6.12. The minimum atomic E-state index is -0.173. The number of benzene rings is 1. The summed E-state index contributed by atoms with van der Waals surface area (Å²) in [4.78, 5) is 2.74. The van der Waals surface area contributed by atoms with Crippen molar-refractivity contribution in [1.82, 2.24) is 5.32 Å². The lowest BCUT2D eigenvalue weighted by Gasteiger charge is -2.15. The van der Waals surface area contributed by atoms with Crippen LogP contribution in [0, 0.1) is 5.82 Å². The summed E-state index contributed by atoms with van der Waals surface area (Å²) in [6, 6.07) is 11.3. The van der Waals surface area contributed by atoms with Crippen LogP contribution in [-0.2, 0) is 12.8 Å². The first-order valence-corrected chi connectivity index (χ1v) is 7.05. The number of hydrogen-bond acceptors (Lipinski definition) is 2. The standard InChI is InChI=1S/C15H18FNS/c1-3-13-7-8-14(18-13)10-15(17-2)11-5-4-6-12(16)9-11/h4-9,15,17H,3,10H2,1-2H3. The van der Waals surface area contributed by atoms with Crippen LogP contribution in [-0.4, -0.2) is 7.05 Å². The van der Waals surface area contributed by atoms with Crippen molar-refractivity contribution in [2.24, 2.45) is 0 Å². The van der Waals surface area contributed by atoms with Gasteiger partial charge in [-0.1, -0.05) is 19.1 Å². The van der Waals surface area contributed by atoms with E-state index in [1.807, 2.05) is 24.5 Å². The third kappa shape index (κ3) is 3.18. The van der Waals surface area contributed by atoms with E-state index in [0.717, 1.165) is 18.4 Å². The molecule has 0 saturated heterocycles. The van der Waals surface area contributed by atoms with E-state index in [4.69, 9.17) is 0 Å². The molecular formula is C15H18FNS. The zero-order valence-corrected chi connectivity index (χ0v) is 11.6. The van der Waals surface area contributed by atoms with Gasteiger partial charge in [-0.05, 0) is 43.3 Å². The molecule has 1 aromatic heterocycles. The second-order valence-electron chi connectivity index (χ2n) is 4.32. The van der Waals surface area contributed by atoms with Crippen LogP contribution in [0.2, 0.25) is 0 Å². The summed E-state index contributed by atoms with van der Waals surface area (Å²) in [6.45, 7) is 2.16. The molecule has 0 aliphatic rings. The van der Waals surface area contributed by atoms with Gasteiger partial charge >= 0.3 is 0 Å². The monoisotopic (exact) mass is 263 g/mol. The summed E-state index contributed by atoms with van der Waals surface area (Å²) >= 11 is 1.84. The van der Waals surface area contributed by atoms with Gasteiger partial charge in [0.2, 0.25) is 0 Å². The van der Waals surface area contributed by atoms with Crippen molar-refractivity contribution in [1.29, 1.82) is 0 Å². The molecule has 1 aromatic carbocycles. The predicted octanol–water partition coefficient (Wildman–Crippen LogP) is 3.95. The predicted molar refractivity (Wildman–Crippen MR) is 75.6 cm³/mol. The Bertz CT molecular complexity index is 507. The van der Waals surface area contributed by atoms with E-state index >= 15 is 0 Å². The molecule has 0 radical (unpaired) electrons. The molecule has 0 bridgehead atoms. The molecule has 1 atom stereocenters. The lowest BCUT2D eigenvalue weighted by Crippen LogP contribution is -2.18. The Hall–Kier alpha value is -1.19. The summed E-state index contributed by atoms with van der Waals surface area (Å²) in [5.41, 5.74) is 1.00. The normalized spacial score (nSPS) is 12.6. The largest absolute Gasteiger partial charge is 0.313 e. The lowest BCUT2D eigenvalue weighted by molar-refractivity contribution is 0.580. The molecule has 0 spiro atoms. The highest BCUT2D eigenvalue weighted by molar-refractivity contribution is 7.11. The van der Waals surface area contributed by atoms with Gasteiger partial charge in [-0.15, -0.1) is 11.3 Å². The summed E-state index contributed by atoms with van der Waals surface area (Å²) in [6.07, 6.45) is 1.99. The Morgan fingerprint density at radius 2 is 2.00 bits per heavy atom. The van der Waals surface area contributed by atoms with Gasteiger partial charge in [0.15, 0.2) is 0 Å². The number of likely N-dealkylation sites (N-methyl/N-ethyl adjacent to an activating group) is 1. The SMILES string of the molecule is CCc1ccc(CC(NC)c2cccc(F)c2)s1. The fraction of sp³-hybridized carbons (Fsp3) is 0.333. The molecule has 0 fully saturated rings. The third-order valence-electron chi connectivity index (χ3n) is 3.07. The van der Waals surface area contributed by atoms with Gasteiger partial charge in [-0.3, -0.25) is 0 Å². The van der Waals surface area contributed by atoms with E-state index in [-0.39, 0.29) is 11.9 Å². The fourth-order valence-corrected chi connectivity index (χ4v) is 3.04. The molecule has 0 amide bonds. The van der Waals surface area contributed by atoms with Crippen LogP contribution < -0.4 is 5.32 Å². The van der Waals surface area contributed by atoms with Gasteiger partial charge in [0.25, 0.3) is 0 Å². The molecule has 18 heavy (non-hydrogen) atoms. The molecule has 1 N–H and O–H groups in total. The van der Waals surface area contributed by atoms with E-state index in [0.29, 0.717) is 0 Å². The molecule has 3 heteroatoms. The maximum absolute atomic E-state index is 13.2. The molecule has 96 valence electrons. The van der Waals surface area contributed by atoms with E-state index in [1.165, 1.54) is 15.8 Å². The van der Waals surface area contributed by atoms with Crippen molar-refractivity contribution in [3.63, 3.8) is 0 Å². The number of halogens is 1. The molecule has 0 saturated carbocycles. The molecular weight excluding hydrogens is 245 g/mol. The van der Waals surface area contributed by atoms with Crippen LogP contribution >= 0.6 is 11.3 Å². The van der Waals surface area contributed by atoms with Crippen LogP contribution in [0.15, 0.2) is 36.4 Å². The number of rotatable bonds is 5. The molecule has 0 aliphatic heterocycles. The Labute approximate surface area is 112 Å². The Morgan fingerprint density at radius 3 is 2.61 bits per heavy atom. The average Bonchev–Trinajstić information content (AvgIpc) is 2.83. The van der Waals surface area contributed by atoms with Crippen LogP contribution in [0.25, 0.3) is 0 Å². The Kier molecular flexibility index (Phi) is 4.50. The zero-order chi connectivity index (χ0) is 13.0. The third-order valence-corrected chi connectivity index (χ3v) is 4.32. The molecule has 1 unspecified atom stereocenters. The van der Waals surface area contributed by atoms with Gasteiger partial charge in [0, 0.05) is 22.2 Å². The first-order chi connectivity index (χ1) is 8.72. The highest BCUT2D eigenvalue weighted by Gasteiger charge is 2.12. The quantitative estimate of drug-likeness (QED) is 0.861. The molecule has 1 nitrogen and oxygen atoms in total. The summed E-state index contributed by atoms with van der Waals surface area (Å²) < 4.78 is 13.2. The topological polar surface area (TPSA) is 12.0 Å². The van der Waals surface area contributed by atoms with Gasteiger partial charge in [-0.25, -0.2) is 4.39 Å². The highest BCUT2D eigenvalue weighted by Crippen LogP contribution is 2.24. The highest BCUT2D eigenvalue weighted by atomic mass is 32.1. The van der Waals surface area contributed by atoms with E-state index in [9.17, 15) is 4.39 Å². The van der Waals surface area contributed by atoms with Crippen molar-refractivity contribution in [3.8, 4) is 0 Å². The molecule has 2 aromatic rings. The van der Waals surface area contributed by atoms with Crippen molar-refractivity contribution in [2.45, 2.75) is 25.8 Å². The number of aryl methyl sites for hydroxylation is 1. The minimum absolute atomic E-state index is 0.170. The maximum Gasteiger partial charge on any atom is 0.123 e. The van der Waals surface area contributed by atoms with Gasteiger partial charge < -0.3 is 5.32 Å². The Morgan fingerprint density at radius 1 is 1.22 bits per heavy atom. The molecule has 0 aliphatic carbocycles. The van der Waals surface area contributed by atoms with Crippen LogP contribution in [0.3, 0.4) is 0 Å². The molecule has 1 heterocycles. The van der Waals surface area contributed by atoms with Crippen LogP contribution in [0.1, 0.15) is 28.3 Å². The van der Waals surface area contributed by atoms with Crippen LogP contribution in [0.4, 0.5) is 4.39 Å². The average molecular weight is 263 g/mol. The van der Waals surface area contributed by atoms with Crippen molar-refractivity contribution >= 4 is 11.3 Å². The minimum Gasteiger partial charge on any atom is -0.313 e. The smallest absolute Gasteiger partial charge is 0.123 e. The number of thiophene rings is 1. The van der Waals surface area contributed by atoms with Crippen molar-refractivity contribution in [3.05, 3.63) is 57.5 Å². The summed E-state index contributed by atoms with van der Waals surface area (Å²) in [5, 5.41) is 3.26. The maximum atomic E-state index is 13.2. The van der Waals surface area contributed by atoms with Gasteiger partial charge in [0.1, 0.15) is 5.82 Å². The van der Waals surface area contributed by atoms with Crippen LogP contribution in [0.5, 0.6) is 0 Å². The lowest BCUT2D eigenvalue weighted by atomic mass is 10.0. The first-order valence-electron chi connectivity index (χ1n) is 6.23. The van der Waals surface area contributed by atoms with E-state index in [2.05, 4.69) is 24.4 Å². The second-order valence-corrected chi connectivity index (χ2v) is 5.57. The first kappa shape index (κ1) is 13.2. The van der Waals surface area contributed by atoms with Gasteiger partial charge in [-0.2, -0.15) is 0 Å². The Balaban J connectivity index is 2.14. The zero-order valence-electron chi connectivity index (χ0n) is 10.7.